The summed E-state index contributed by atoms with van der Waals surface area (Å²) < 4.78 is 10.9. The fraction of sp³-hybridized carbons (Fsp3) is 0.524. The lowest BCUT2D eigenvalue weighted by molar-refractivity contribution is 0.173. The van der Waals surface area contributed by atoms with Crippen LogP contribution in [0.2, 0.25) is 0 Å². The van der Waals surface area contributed by atoms with Gasteiger partial charge in [-0.3, -0.25) is 0 Å². The van der Waals surface area contributed by atoms with Gasteiger partial charge in [0, 0.05) is 17.3 Å². The lowest BCUT2D eigenvalue weighted by Gasteiger charge is -2.27. The first kappa shape index (κ1) is 19.1. The zero-order valence-electron chi connectivity index (χ0n) is 16.8. The van der Waals surface area contributed by atoms with Crippen LogP contribution in [-0.4, -0.2) is 29.3 Å². The lowest BCUT2D eigenvalue weighted by Crippen LogP contribution is -2.40. The van der Waals surface area contributed by atoms with Crippen LogP contribution in [0.1, 0.15) is 68.9 Å². The van der Waals surface area contributed by atoms with Gasteiger partial charge in [-0.15, -0.1) is 11.3 Å². The van der Waals surface area contributed by atoms with E-state index in [-0.39, 0.29) is 30.3 Å². The number of carbonyl (C=O) groups excluding carboxylic acids is 1. The molecule has 1 aromatic heterocycles. The van der Waals surface area contributed by atoms with Crippen LogP contribution in [0.5, 0.6) is 11.5 Å². The normalized spacial score (nSPS) is 19.7. The second-order valence-corrected chi connectivity index (χ2v) is 9.35. The number of thiazole rings is 1. The molecule has 3 heterocycles. The van der Waals surface area contributed by atoms with Crippen molar-refractivity contribution >= 4 is 17.4 Å². The van der Waals surface area contributed by atoms with E-state index in [0.717, 1.165) is 47.2 Å². The topological polar surface area (TPSA) is 63.7 Å². The fourth-order valence-electron chi connectivity index (χ4n) is 3.64. The predicted molar refractivity (Wildman–Crippen MR) is 109 cm³/mol. The number of ether oxygens (including phenoxy) is 2. The lowest BCUT2D eigenvalue weighted by atomic mass is 9.93. The van der Waals surface area contributed by atoms with Gasteiger partial charge in [0.25, 0.3) is 0 Å². The molecule has 0 bridgehead atoms. The molecular formula is C21H27N3O3S. The molecule has 7 heteroatoms. The molecule has 6 nitrogen and oxygen atoms in total. The monoisotopic (exact) mass is 401 g/mol. The average molecular weight is 402 g/mol. The van der Waals surface area contributed by atoms with Crippen molar-refractivity contribution in [2.45, 2.75) is 58.0 Å². The zero-order chi connectivity index (χ0) is 19.9. The zero-order valence-corrected chi connectivity index (χ0v) is 17.6. The Hall–Kier alpha value is -2.28. The molecule has 1 N–H and O–H groups in total. The van der Waals surface area contributed by atoms with Crippen molar-refractivity contribution in [2.75, 3.05) is 13.3 Å². The largest absolute Gasteiger partial charge is 0.454 e. The molecule has 0 saturated carbocycles. The second kappa shape index (κ2) is 7.28. The summed E-state index contributed by atoms with van der Waals surface area (Å²) in [5, 5.41) is 6.16. The number of hydrogen-bond acceptors (Lipinski definition) is 5. The van der Waals surface area contributed by atoms with Crippen molar-refractivity contribution in [3.8, 4) is 11.5 Å². The third-order valence-electron chi connectivity index (χ3n) is 5.30. The Bertz CT molecular complexity index is 874. The van der Waals surface area contributed by atoms with E-state index < -0.39 is 0 Å². The maximum Gasteiger partial charge on any atom is 0.318 e. The van der Waals surface area contributed by atoms with Gasteiger partial charge in [0.1, 0.15) is 5.01 Å². The van der Waals surface area contributed by atoms with Crippen molar-refractivity contribution < 1.29 is 14.3 Å². The van der Waals surface area contributed by atoms with Gasteiger partial charge >= 0.3 is 6.03 Å². The van der Waals surface area contributed by atoms with E-state index in [9.17, 15) is 4.79 Å². The SMILES string of the molecule is C[C@H](NC(=O)N1CCC[C@H]1c1ccc2c(c1)OCO2)c1nc(C(C)(C)C)cs1. The maximum absolute atomic E-state index is 13.0. The summed E-state index contributed by atoms with van der Waals surface area (Å²) in [5.41, 5.74) is 2.17. The highest BCUT2D eigenvalue weighted by Crippen LogP contribution is 2.39. The number of nitrogens with zero attached hydrogens (tertiary/aromatic N) is 2. The van der Waals surface area contributed by atoms with Crippen LogP contribution in [0.15, 0.2) is 23.6 Å². The van der Waals surface area contributed by atoms with E-state index in [2.05, 4.69) is 31.5 Å². The molecule has 2 amide bonds. The van der Waals surface area contributed by atoms with Gasteiger partial charge in [0.2, 0.25) is 6.79 Å². The number of urea groups is 1. The van der Waals surface area contributed by atoms with Crippen LogP contribution >= 0.6 is 11.3 Å². The highest BCUT2D eigenvalue weighted by atomic mass is 32.1. The molecule has 2 aliphatic heterocycles. The molecule has 0 spiro atoms. The van der Waals surface area contributed by atoms with Crippen molar-refractivity contribution in [1.29, 1.82) is 0 Å². The number of hydrogen-bond donors (Lipinski definition) is 1. The Balaban J connectivity index is 1.45. The number of fused-ring (bicyclic) bond motifs is 1. The van der Waals surface area contributed by atoms with E-state index in [1.807, 2.05) is 30.0 Å². The van der Waals surface area contributed by atoms with Gasteiger partial charge < -0.3 is 19.7 Å². The van der Waals surface area contributed by atoms with Crippen molar-refractivity contribution in [1.82, 2.24) is 15.2 Å². The molecule has 2 aromatic rings. The molecule has 2 atom stereocenters. The summed E-state index contributed by atoms with van der Waals surface area (Å²) >= 11 is 1.60. The standard InChI is InChI=1S/C21H27N3O3S/c1-13(19-23-18(11-28-19)21(2,3)4)22-20(25)24-9-5-6-15(24)14-7-8-16-17(10-14)27-12-26-16/h7-8,10-11,13,15H,5-6,9,12H2,1-4H3,(H,22,25)/t13-,15-/m0/s1. The van der Waals surface area contributed by atoms with E-state index >= 15 is 0 Å². The number of amides is 2. The summed E-state index contributed by atoms with van der Waals surface area (Å²) in [6, 6.07) is 5.86. The van der Waals surface area contributed by atoms with E-state index in [0.29, 0.717) is 0 Å². The van der Waals surface area contributed by atoms with E-state index in [1.165, 1.54) is 0 Å². The van der Waals surface area contributed by atoms with Gasteiger partial charge in [-0.05, 0) is 37.5 Å². The third kappa shape index (κ3) is 3.68. The molecule has 1 fully saturated rings. The van der Waals surface area contributed by atoms with Crippen LogP contribution in [-0.2, 0) is 5.41 Å². The first-order chi connectivity index (χ1) is 13.3. The first-order valence-corrected chi connectivity index (χ1v) is 10.6. The second-order valence-electron chi connectivity index (χ2n) is 8.46. The van der Waals surface area contributed by atoms with Crippen LogP contribution in [0.3, 0.4) is 0 Å². The molecule has 0 unspecified atom stereocenters. The summed E-state index contributed by atoms with van der Waals surface area (Å²) in [4.78, 5) is 19.6. The fourth-order valence-corrected chi connectivity index (χ4v) is 4.69. The van der Waals surface area contributed by atoms with Crippen LogP contribution < -0.4 is 14.8 Å². The molecule has 0 radical (unpaired) electrons. The number of nitrogens with one attached hydrogen (secondary N) is 1. The quantitative estimate of drug-likeness (QED) is 0.804. The molecule has 150 valence electrons. The highest BCUT2D eigenvalue weighted by molar-refractivity contribution is 7.09. The van der Waals surface area contributed by atoms with Crippen LogP contribution in [0.25, 0.3) is 0 Å². The molecule has 2 aliphatic rings. The Morgan fingerprint density at radius 1 is 1.32 bits per heavy atom. The minimum absolute atomic E-state index is 0.0118. The summed E-state index contributed by atoms with van der Waals surface area (Å²) in [5.74, 6) is 1.53. The number of rotatable bonds is 3. The molecular weight excluding hydrogens is 374 g/mol. The van der Waals surface area contributed by atoms with Crippen molar-refractivity contribution in [3.05, 3.63) is 39.8 Å². The van der Waals surface area contributed by atoms with Crippen molar-refractivity contribution in [2.24, 2.45) is 0 Å². The molecule has 28 heavy (non-hydrogen) atoms. The van der Waals surface area contributed by atoms with Crippen LogP contribution in [0, 0.1) is 0 Å². The molecule has 4 rings (SSSR count). The third-order valence-corrected chi connectivity index (χ3v) is 6.32. The minimum atomic E-state index is -0.119. The maximum atomic E-state index is 13.0. The Morgan fingerprint density at radius 3 is 2.86 bits per heavy atom. The smallest absolute Gasteiger partial charge is 0.318 e. The molecule has 0 aliphatic carbocycles. The summed E-state index contributed by atoms with van der Waals surface area (Å²) in [6.45, 7) is 9.45. The van der Waals surface area contributed by atoms with Crippen LogP contribution in [0.4, 0.5) is 4.79 Å². The van der Waals surface area contributed by atoms with Crippen molar-refractivity contribution in [3.63, 3.8) is 0 Å². The van der Waals surface area contributed by atoms with Gasteiger partial charge in [0.05, 0.1) is 17.8 Å². The van der Waals surface area contributed by atoms with E-state index in [1.54, 1.807) is 11.3 Å². The Kier molecular flexibility index (Phi) is 4.95. The van der Waals surface area contributed by atoms with E-state index in [4.69, 9.17) is 14.5 Å². The first-order valence-electron chi connectivity index (χ1n) is 9.75. The summed E-state index contributed by atoms with van der Waals surface area (Å²) in [6.07, 6.45) is 1.94. The molecule has 1 saturated heterocycles. The minimum Gasteiger partial charge on any atom is -0.454 e. The highest BCUT2D eigenvalue weighted by Gasteiger charge is 2.32. The van der Waals surface area contributed by atoms with Gasteiger partial charge in [-0.25, -0.2) is 9.78 Å². The number of likely N-dealkylation sites (tertiary alicyclic amines) is 1. The average Bonchev–Trinajstić information content (AvgIpc) is 3.39. The summed E-state index contributed by atoms with van der Waals surface area (Å²) in [7, 11) is 0. The number of carbonyl (C=O) groups is 1. The van der Waals surface area contributed by atoms with Gasteiger partial charge in [-0.2, -0.15) is 0 Å². The van der Waals surface area contributed by atoms with Gasteiger partial charge in [0.15, 0.2) is 11.5 Å². The number of benzene rings is 1. The predicted octanol–water partition coefficient (Wildman–Crippen LogP) is 4.78. The Morgan fingerprint density at radius 2 is 2.11 bits per heavy atom. The number of aromatic nitrogens is 1. The Labute approximate surface area is 169 Å². The molecule has 1 aromatic carbocycles. The van der Waals surface area contributed by atoms with Gasteiger partial charge in [-0.1, -0.05) is 26.8 Å².